The average molecular weight is 351 g/mol. The number of benzene rings is 1. The molecule has 0 spiro atoms. The Balaban J connectivity index is 2.18. The fraction of sp³-hybridized carbons (Fsp3) is 0.438. The van der Waals surface area contributed by atoms with Gasteiger partial charge in [-0.3, -0.25) is 19.4 Å². The Morgan fingerprint density at radius 1 is 0.960 bits per heavy atom. The lowest BCUT2D eigenvalue weighted by Gasteiger charge is -2.23. The van der Waals surface area contributed by atoms with Gasteiger partial charge in [-0.25, -0.2) is 9.69 Å². The lowest BCUT2D eigenvalue weighted by molar-refractivity contribution is -0.143. The van der Waals surface area contributed by atoms with Crippen molar-refractivity contribution >= 4 is 17.8 Å². The van der Waals surface area contributed by atoms with Crippen molar-refractivity contribution in [2.24, 2.45) is 0 Å². The summed E-state index contributed by atoms with van der Waals surface area (Å²) in [5.74, 6) is -0.177. The van der Waals surface area contributed by atoms with Gasteiger partial charge >= 0.3 is 17.8 Å². The van der Waals surface area contributed by atoms with Crippen molar-refractivity contribution in [1.82, 2.24) is 14.7 Å². The molecule has 1 aliphatic rings. The number of rotatable bonds is 7. The summed E-state index contributed by atoms with van der Waals surface area (Å²) in [5.41, 5.74) is 0.779. The predicted molar refractivity (Wildman–Crippen MR) is 87.4 cm³/mol. The smallest absolute Gasteiger partial charge is 0.335 e. The van der Waals surface area contributed by atoms with Gasteiger partial charge in [0, 0.05) is 19.2 Å². The second-order valence-corrected chi connectivity index (χ2v) is 5.53. The Morgan fingerprint density at radius 3 is 2.08 bits per heavy atom. The zero-order valence-electron chi connectivity index (χ0n) is 14.9. The van der Waals surface area contributed by atoms with Crippen LogP contribution in [0.4, 0.5) is 4.79 Å². The third kappa shape index (κ3) is 3.36. The molecule has 0 radical (unpaired) electrons. The monoisotopic (exact) mass is 351 g/mol. The fourth-order valence-electron chi connectivity index (χ4n) is 2.61. The summed E-state index contributed by atoms with van der Waals surface area (Å²) in [6.45, 7) is 0.337. The van der Waals surface area contributed by atoms with Crippen LogP contribution in [0.3, 0.4) is 0 Å². The lowest BCUT2D eigenvalue weighted by atomic mass is 10.1. The molecule has 9 heteroatoms. The Labute approximate surface area is 145 Å². The number of ether oxygens (including phenoxy) is 3. The maximum absolute atomic E-state index is 11.9. The number of carbonyl (C=O) groups excluding carboxylic acids is 3. The first-order chi connectivity index (χ1) is 11.8. The number of likely N-dealkylation sites (N-methyl/N-ethyl adjacent to an activating group) is 1. The minimum absolute atomic E-state index is 0.0226. The lowest BCUT2D eigenvalue weighted by Crippen LogP contribution is -2.40. The van der Waals surface area contributed by atoms with Gasteiger partial charge in [0.05, 0.1) is 28.0 Å². The van der Waals surface area contributed by atoms with Gasteiger partial charge in [-0.15, -0.1) is 0 Å². The third-order valence-corrected chi connectivity index (χ3v) is 3.86. The molecule has 0 bridgehead atoms. The molecule has 2 rings (SSSR count). The summed E-state index contributed by atoms with van der Waals surface area (Å²) in [6.07, 6.45) is 0. The summed E-state index contributed by atoms with van der Waals surface area (Å²) in [4.78, 5) is 38.8. The number of nitrogens with zero attached hydrogens (tertiary/aromatic N) is 3. The van der Waals surface area contributed by atoms with Crippen LogP contribution in [0.25, 0.3) is 0 Å². The first-order valence-electron chi connectivity index (χ1n) is 7.45. The van der Waals surface area contributed by atoms with Gasteiger partial charge in [-0.1, -0.05) is 6.07 Å². The number of hydrogen-bond donors (Lipinski definition) is 0. The SMILES string of the molecule is COc1ccc(CN(C)CN2C(=O)C(=O)N(C)C2=O)c(OC)c1OC. The van der Waals surface area contributed by atoms with E-state index in [4.69, 9.17) is 14.2 Å². The molecule has 0 N–H and O–H groups in total. The average Bonchev–Trinajstić information content (AvgIpc) is 2.78. The molecular formula is C16H21N3O6. The maximum Gasteiger partial charge on any atom is 0.335 e. The quantitative estimate of drug-likeness (QED) is 0.523. The highest BCUT2D eigenvalue weighted by atomic mass is 16.5. The van der Waals surface area contributed by atoms with E-state index in [2.05, 4.69) is 0 Å². The van der Waals surface area contributed by atoms with Crippen LogP contribution in [0.5, 0.6) is 17.2 Å². The third-order valence-electron chi connectivity index (χ3n) is 3.86. The van der Waals surface area contributed by atoms with Gasteiger partial charge in [-0.05, 0) is 13.1 Å². The van der Waals surface area contributed by atoms with Gasteiger partial charge in [-0.2, -0.15) is 0 Å². The van der Waals surface area contributed by atoms with Crippen LogP contribution >= 0.6 is 0 Å². The molecule has 25 heavy (non-hydrogen) atoms. The molecule has 1 aliphatic heterocycles. The molecule has 136 valence electrons. The van der Waals surface area contributed by atoms with Crippen molar-refractivity contribution < 1.29 is 28.6 Å². The molecule has 0 atom stereocenters. The van der Waals surface area contributed by atoms with Crippen molar-refractivity contribution in [2.45, 2.75) is 6.54 Å². The molecule has 0 aliphatic carbocycles. The van der Waals surface area contributed by atoms with E-state index in [0.717, 1.165) is 15.4 Å². The summed E-state index contributed by atoms with van der Waals surface area (Å²) < 4.78 is 16.0. The second-order valence-electron chi connectivity index (χ2n) is 5.53. The zero-order valence-corrected chi connectivity index (χ0v) is 14.9. The maximum atomic E-state index is 11.9. The van der Waals surface area contributed by atoms with Crippen LogP contribution in [0.1, 0.15) is 5.56 Å². The molecule has 0 unspecified atom stereocenters. The van der Waals surface area contributed by atoms with Crippen LogP contribution in [0.15, 0.2) is 12.1 Å². The van der Waals surface area contributed by atoms with Gasteiger partial charge in [0.1, 0.15) is 0 Å². The van der Waals surface area contributed by atoms with E-state index in [9.17, 15) is 14.4 Å². The minimum atomic E-state index is -0.835. The van der Waals surface area contributed by atoms with Crippen LogP contribution in [-0.2, 0) is 16.1 Å². The number of amides is 4. The predicted octanol–water partition coefficient (Wildman–Crippen LogP) is 0.522. The van der Waals surface area contributed by atoms with Gasteiger partial charge in [0.2, 0.25) is 5.75 Å². The van der Waals surface area contributed by atoms with Crippen molar-refractivity contribution in [3.05, 3.63) is 17.7 Å². The van der Waals surface area contributed by atoms with E-state index in [0.29, 0.717) is 23.8 Å². The van der Waals surface area contributed by atoms with Crippen molar-refractivity contribution in [3.63, 3.8) is 0 Å². The first-order valence-corrected chi connectivity index (χ1v) is 7.45. The topological polar surface area (TPSA) is 88.6 Å². The number of hydrogen-bond acceptors (Lipinski definition) is 7. The Bertz CT molecular complexity index is 705. The Morgan fingerprint density at radius 2 is 1.60 bits per heavy atom. The summed E-state index contributed by atoms with van der Waals surface area (Å²) in [5, 5.41) is 0. The van der Waals surface area contributed by atoms with E-state index < -0.39 is 17.8 Å². The van der Waals surface area contributed by atoms with Crippen molar-refractivity contribution in [3.8, 4) is 17.2 Å². The Hall–Kier alpha value is -2.81. The summed E-state index contributed by atoms with van der Waals surface area (Å²) in [6, 6.07) is 2.91. The number of carbonyl (C=O) groups is 3. The van der Waals surface area contributed by atoms with Gasteiger partial charge in [0.25, 0.3) is 0 Å². The molecule has 9 nitrogen and oxygen atoms in total. The largest absolute Gasteiger partial charge is 0.493 e. The van der Waals surface area contributed by atoms with E-state index in [1.807, 2.05) is 6.07 Å². The highest BCUT2D eigenvalue weighted by Crippen LogP contribution is 2.40. The molecule has 1 aromatic carbocycles. The van der Waals surface area contributed by atoms with Crippen molar-refractivity contribution in [1.29, 1.82) is 0 Å². The molecule has 0 saturated carbocycles. The molecule has 4 amide bonds. The molecule has 1 saturated heterocycles. The fourth-order valence-corrected chi connectivity index (χ4v) is 2.61. The highest BCUT2D eigenvalue weighted by Gasteiger charge is 2.42. The molecule has 1 fully saturated rings. The molecule has 1 heterocycles. The summed E-state index contributed by atoms with van der Waals surface area (Å²) in [7, 11) is 7.56. The van der Waals surface area contributed by atoms with E-state index >= 15 is 0 Å². The van der Waals surface area contributed by atoms with E-state index in [1.165, 1.54) is 28.4 Å². The molecule has 0 aromatic heterocycles. The number of urea groups is 1. The standard InChI is InChI=1S/C16H21N3O6/c1-17(9-19-15(21)14(20)18(2)16(19)22)8-10-6-7-11(23-3)13(25-5)12(10)24-4/h6-7H,8-9H2,1-5H3. The number of imide groups is 2. The van der Waals surface area contributed by atoms with Crippen LogP contribution in [-0.4, -0.2) is 74.6 Å². The van der Waals surface area contributed by atoms with Gasteiger partial charge in [0.15, 0.2) is 11.5 Å². The molecule has 1 aromatic rings. The zero-order chi connectivity index (χ0) is 18.7. The molecular weight excluding hydrogens is 330 g/mol. The van der Waals surface area contributed by atoms with Crippen LogP contribution in [0.2, 0.25) is 0 Å². The van der Waals surface area contributed by atoms with E-state index in [-0.39, 0.29) is 6.67 Å². The van der Waals surface area contributed by atoms with Crippen LogP contribution < -0.4 is 14.2 Å². The second kappa shape index (κ2) is 7.39. The normalized spacial score (nSPS) is 14.6. The van der Waals surface area contributed by atoms with Crippen LogP contribution in [0, 0.1) is 0 Å². The first kappa shape index (κ1) is 18.5. The number of methoxy groups -OCH3 is 3. The van der Waals surface area contributed by atoms with Crippen molar-refractivity contribution in [2.75, 3.05) is 42.1 Å². The minimum Gasteiger partial charge on any atom is -0.493 e. The Kier molecular flexibility index (Phi) is 5.48. The summed E-state index contributed by atoms with van der Waals surface area (Å²) >= 11 is 0. The van der Waals surface area contributed by atoms with E-state index in [1.54, 1.807) is 18.0 Å². The van der Waals surface area contributed by atoms with Gasteiger partial charge < -0.3 is 14.2 Å². The highest BCUT2D eigenvalue weighted by molar-refractivity contribution is 6.44.